The molecule has 56 valence electrons. The first-order valence-electron chi connectivity index (χ1n) is 3.19. The van der Waals surface area contributed by atoms with E-state index in [1.165, 1.54) is 0 Å². The van der Waals surface area contributed by atoms with Crippen LogP contribution in [0.1, 0.15) is 20.3 Å². The van der Waals surface area contributed by atoms with E-state index in [0.717, 1.165) is 0 Å². The van der Waals surface area contributed by atoms with Gasteiger partial charge >= 0.3 is 0 Å². The highest BCUT2D eigenvalue weighted by Crippen LogP contribution is 2.16. The summed E-state index contributed by atoms with van der Waals surface area (Å²) < 4.78 is 0. The number of carbonyl (C=O) groups excluding carboxylic acids is 1. The van der Waals surface area contributed by atoms with Gasteiger partial charge in [0.15, 0.2) is 5.60 Å². The molecule has 4 nitrogen and oxygen atoms in total. The van der Waals surface area contributed by atoms with Gasteiger partial charge in [0.1, 0.15) is 0 Å². The number of nitrogens with one attached hydrogen (secondary N) is 1. The fourth-order valence-corrected chi connectivity index (χ4v) is 0.900. The number of nitrogens with zero attached hydrogens (tertiary/aromatic N) is 1. The van der Waals surface area contributed by atoms with Gasteiger partial charge in [-0.3, -0.25) is 4.79 Å². The Bertz CT molecular complexity index is 200. The number of hydrogen-bond acceptors (Lipinski definition) is 3. The smallest absolute Gasteiger partial charge is 0.277 e. The Morgan fingerprint density at radius 2 is 2.40 bits per heavy atom. The summed E-state index contributed by atoms with van der Waals surface area (Å²) >= 11 is 0. The van der Waals surface area contributed by atoms with E-state index in [1.54, 1.807) is 13.8 Å². The number of hydrogen-bond donors (Lipinski definition) is 2. The van der Waals surface area contributed by atoms with Crippen molar-refractivity contribution >= 4 is 11.6 Å². The lowest BCUT2D eigenvalue weighted by atomic mass is 9.96. The van der Waals surface area contributed by atoms with E-state index in [0.29, 0.717) is 12.1 Å². The highest BCUT2D eigenvalue weighted by molar-refractivity contribution is 6.14. The van der Waals surface area contributed by atoms with Crippen LogP contribution >= 0.6 is 0 Å². The molecule has 0 bridgehead atoms. The molecule has 0 aromatic rings. The number of carbonyl (C=O) groups is 1. The quantitative estimate of drug-likeness (QED) is 0.525. The van der Waals surface area contributed by atoms with Crippen LogP contribution in [0.3, 0.4) is 0 Å². The van der Waals surface area contributed by atoms with E-state index in [1.807, 2.05) is 0 Å². The maximum Gasteiger partial charge on any atom is 0.277 e. The second kappa shape index (κ2) is 2.05. The van der Waals surface area contributed by atoms with Gasteiger partial charge in [0, 0.05) is 0 Å². The molecule has 0 aromatic heterocycles. The number of aliphatic hydroxyl groups is 1. The molecule has 1 unspecified atom stereocenters. The van der Waals surface area contributed by atoms with Crippen LogP contribution in [-0.2, 0) is 4.79 Å². The van der Waals surface area contributed by atoms with Gasteiger partial charge in [-0.25, -0.2) is 5.43 Å². The molecule has 4 heteroatoms. The van der Waals surface area contributed by atoms with Crippen LogP contribution in [0, 0.1) is 0 Å². The third kappa shape index (κ3) is 0.724. The molecule has 0 saturated carbocycles. The molecule has 0 spiro atoms. The van der Waals surface area contributed by atoms with Crippen molar-refractivity contribution in [2.24, 2.45) is 5.10 Å². The van der Waals surface area contributed by atoms with Crippen molar-refractivity contribution < 1.29 is 9.90 Å². The first-order chi connectivity index (χ1) is 4.61. The molecule has 0 aliphatic carbocycles. The van der Waals surface area contributed by atoms with Crippen molar-refractivity contribution in [1.82, 2.24) is 5.43 Å². The number of rotatable bonds is 1. The molecule has 0 radical (unpaired) electrons. The molecule has 10 heavy (non-hydrogen) atoms. The van der Waals surface area contributed by atoms with Crippen LogP contribution in [0.2, 0.25) is 0 Å². The largest absolute Gasteiger partial charge is 0.374 e. The monoisotopic (exact) mass is 142 g/mol. The topological polar surface area (TPSA) is 61.7 Å². The van der Waals surface area contributed by atoms with Crippen LogP contribution in [0.25, 0.3) is 0 Å². The Morgan fingerprint density at radius 1 is 1.80 bits per heavy atom. The predicted molar refractivity (Wildman–Crippen MR) is 36.5 cm³/mol. The third-order valence-corrected chi connectivity index (χ3v) is 1.81. The first kappa shape index (κ1) is 7.21. The summed E-state index contributed by atoms with van der Waals surface area (Å²) in [5, 5.41) is 13.1. The summed E-state index contributed by atoms with van der Waals surface area (Å²) in [5.74, 6) is -0.424. The van der Waals surface area contributed by atoms with E-state index >= 15 is 0 Å². The SMILES string of the molecule is CCC1(O)C(=O)NN=C1C. The second-order valence-corrected chi connectivity index (χ2v) is 2.35. The molecule has 1 atom stereocenters. The Hall–Kier alpha value is -0.900. The van der Waals surface area contributed by atoms with Crippen molar-refractivity contribution in [3.63, 3.8) is 0 Å². The Kier molecular flexibility index (Phi) is 1.48. The van der Waals surface area contributed by atoms with Gasteiger partial charge in [-0.05, 0) is 13.3 Å². The van der Waals surface area contributed by atoms with E-state index < -0.39 is 11.5 Å². The van der Waals surface area contributed by atoms with Crippen molar-refractivity contribution in [3.05, 3.63) is 0 Å². The zero-order valence-electron chi connectivity index (χ0n) is 6.01. The van der Waals surface area contributed by atoms with Gasteiger partial charge < -0.3 is 5.11 Å². The van der Waals surface area contributed by atoms with Gasteiger partial charge in [-0.1, -0.05) is 6.92 Å². The lowest BCUT2D eigenvalue weighted by molar-refractivity contribution is -0.132. The molecule has 2 N–H and O–H groups in total. The van der Waals surface area contributed by atoms with E-state index in [2.05, 4.69) is 10.5 Å². The average Bonchev–Trinajstić information content (AvgIpc) is 2.18. The van der Waals surface area contributed by atoms with E-state index in [4.69, 9.17) is 0 Å². The molecule has 0 fully saturated rings. The Labute approximate surface area is 58.9 Å². The minimum atomic E-state index is -1.35. The zero-order chi connectivity index (χ0) is 7.78. The van der Waals surface area contributed by atoms with Crippen LogP contribution < -0.4 is 5.43 Å². The van der Waals surface area contributed by atoms with Crippen molar-refractivity contribution in [3.8, 4) is 0 Å². The Morgan fingerprint density at radius 3 is 2.60 bits per heavy atom. The summed E-state index contributed by atoms with van der Waals surface area (Å²) in [4.78, 5) is 10.9. The number of amides is 1. The van der Waals surface area contributed by atoms with E-state index in [9.17, 15) is 9.90 Å². The zero-order valence-corrected chi connectivity index (χ0v) is 6.01. The molecule has 1 rings (SSSR count). The lowest BCUT2D eigenvalue weighted by Crippen LogP contribution is -2.43. The van der Waals surface area contributed by atoms with E-state index in [-0.39, 0.29) is 0 Å². The summed E-state index contributed by atoms with van der Waals surface area (Å²) in [7, 11) is 0. The predicted octanol–water partition coefficient (Wildman–Crippen LogP) is -0.367. The van der Waals surface area contributed by atoms with Gasteiger partial charge in [0.2, 0.25) is 0 Å². The summed E-state index contributed by atoms with van der Waals surface area (Å²) in [6.07, 6.45) is 0.369. The van der Waals surface area contributed by atoms with Gasteiger partial charge in [-0.15, -0.1) is 0 Å². The van der Waals surface area contributed by atoms with Crippen LogP contribution in [-0.4, -0.2) is 22.3 Å². The highest BCUT2D eigenvalue weighted by Gasteiger charge is 2.41. The fourth-order valence-electron chi connectivity index (χ4n) is 0.900. The van der Waals surface area contributed by atoms with Gasteiger partial charge in [-0.2, -0.15) is 5.10 Å². The highest BCUT2D eigenvalue weighted by atomic mass is 16.3. The van der Waals surface area contributed by atoms with Crippen molar-refractivity contribution in [2.45, 2.75) is 25.9 Å². The molecule has 1 amide bonds. The van der Waals surface area contributed by atoms with Gasteiger partial charge in [0.25, 0.3) is 5.91 Å². The molecular formula is C6H10N2O2. The minimum Gasteiger partial charge on any atom is -0.374 e. The van der Waals surface area contributed by atoms with Crippen molar-refractivity contribution in [2.75, 3.05) is 0 Å². The first-order valence-corrected chi connectivity index (χ1v) is 3.19. The third-order valence-electron chi connectivity index (χ3n) is 1.81. The molecule has 1 aliphatic rings. The van der Waals surface area contributed by atoms with Crippen LogP contribution in [0.15, 0.2) is 5.10 Å². The number of hydrazone groups is 1. The maximum atomic E-state index is 10.9. The molecule has 1 heterocycles. The molecule has 1 aliphatic heterocycles. The van der Waals surface area contributed by atoms with Crippen molar-refractivity contribution in [1.29, 1.82) is 0 Å². The molecule has 0 saturated heterocycles. The van der Waals surface area contributed by atoms with Gasteiger partial charge in [0.05, 0.1) is 5.71 Å². The Balaban J connectivity index is 2.92. The molecule has 0 aromatic carbocycles. The minimum absolute atomic E-state index is 0.369. The summed E-state index contributed by atoms with van der Waals surface area (Å²) in [6, 6.07) is 0. The summed E-state index contributed by atoms with van der Waals surface area (Å²) in [6.45, 7) is 3.37. The average molecular weight is 142 g/mol. The maximum absolute atomic E-state index is 10.9. The standard InChI is InChI=1S/C6H10N2O2/c1-3-6(10)4(2)7-8-5(6)9/h10H,3H2,1-2H3,(H,8,9). The summed E-state index contributed by atoms with van der Waals surface area (Å²) in [5.41, 5.74) is 1.31. The van der Waals surface area contributed by atoms with Crippen LogP contribution in [0.4, 0.5) is 0 Å². The molecular weight excluding hydrogens is 132 g/mol. The normalized spacial score (nSPS) is 31.9. The fraction of sp³-hybridized carbons (Fsp3) is 0.667. The van der Waals surface area contributed by atoms with Crippen LogP contribution in [0.5, 0.6) is 0 Å². The lowest BCUT2D eigenvalue weighted by Gasteiger charge is -2.16. The second-order valence-electron chi connectivity index (χ2n) is 2.35.